The Morgan fingerprint density at radius 1 is 1.17 bits per heavy atom. The van der Waals surface area contributed by atoms with E-state index >= 15 is 0 Å². The van der Waals surface area contributed by atoms with Gasteiger partial charge < -0.3 is 25.1 Å². The average molecular weight is 514 g/mol. The number of aromatic nitrogens is 3. The third kappa shape index (κ3) is 6.48. The van der Waals surface area contributed by atoms with Crippen LogP contribution >= 0.6 is 24.0 Å². The summed E-state index contributed by atoms with van der Waals surface area (Å²) >= 11 is 0. The zero-order valence-electron chi connectivity index (χ0n) is 17.2. The number of benzene rings is 1. The van der Waals surface area contributed by atoms with E-state index in [9.17, 15) is 0 Å². The fourth-order valence-corrected chi connectivity index (χ4v) is 3.40. The van der Waals surface area contributed by atoms with Gasteiger partial charge in [0, 0.05) is 25.9 Å². The number of halogens is 1. The van der Waals surface area contributed by atoms with Gasteiger partial charge in [0.2, 0.25) is 0 Å². The molecule has 1 aromatic carbocycles. The molecule has 3 rings (SSSR count). The minimum absolute atomic E-state index is 0. The Morgan fingerprint density at radius 2 is 2.00 bits per heavy atom. The molecule has 3 N–H and O–H groups in total. The second-order valence-electron chi connectivity index (χ2n) is 6.92. The molecule has 9 heteroatoms. The number of ether oxygens (including phenoxy) is 2. The lowest BCUT2D eigenvalue weighted by Crippen LogP contribution is -2.32. The lowest BCUT2D eigenvalue weighted by molar-refractivity contribution is 0.354. The zero-order chi connectivity index (χ0) is 19.8. The van der Waals surface area contributed by atoms with Gasteiger partial charge in [-0.05, 0) is 37.0 Å². The standard InChI is InChI=1S/C20H30N6O2.HI/c1-27-16-10-9-15(13-17(16)28-2)14-23-20(21)22-11-6-8-19-25-24-18-7-4-3-5-12-26(18)19;/h9-10,13H,3-8,11-12,14H2,1-2H3,(H3,21,22,23);1H. The van der Waals surface area contributed by atoms with Gasteiger partial charge in [-0.25, -0.2) is 4.99 Å². The summed E-state index contributed by atoms with van der Waals surface area (Å²) in [5.41, 5.74) is 7.00. The molecular formula is C20H31IN6O2. The van der Waals surface area contributed by atoms with Crippen molar-refractivity contribution in [2.75, 3.05) is 20.8 Å². The van der Waals surface area contributed by atoms with E-state index in [4.69, 9.17) is 15.2 Å². The van der Waals surface area contributed by atoms with Crippen LogP contribution in [-0.4, -0.2) is 41.5 Å². The molecule has 0 radical (unpaired) electrons. The molecule has 160 valence electrons. The van der Waals surface area contributed by atoms with Crippen LogP contribution in [0.5, 0.6) is 11.5 Å². The average Bonchev–Trinajstić information content (AvgIpc) is 2.95. The van der Waals surface area contributed by atoms with Gasteiger partial charge in [0.15, 0.2) is 17.5 Å². The number of hydrogen-bond donors (Lipinski definition) is 2. The minimum atomic E-state index is 0. The summed E-state index contributed by atoms with van der Waals surface area (Å²) in [5, 5.41) is 11.9. The molecule has 2 aromatic rings. The maximum Gasteiger partial charge on any atom is 0.188 e. The summed E-state index contributed by atoms with van der Waals surface area (Å²) in [6, 6.07) is 5.73. The third-order valence-electron chi connectivity index (χ3n) is 4.95. The van der Waals surface area contributed by atoms with Gasteiger partial charge >= 0.3 is 0 Å². The number of aryl methyl sites for hydroxylation is 2. The summed E-state index contributed by atoms with van der Waals surface area (Å²) in [7, 11) is 3.24. The number of rotatable bonds is 8. The first-order valence-electron chi connectivity index (χ1n) is 9.87. The zero-order valence-corrected chi connectivity index (χ0v) is 19.5. The Bertz CT molecular complexity index is 808. The first-order chi connectivity index (χ1) is 13.7. The Kier molecular flexibility index (Phi) is 9.49. The maximum absolute atomic E-state index is 5.99. The molecule has 1 aliphatic rings. The quantitative estimate of drug-likeness (QED) is 0.243. The summed E-state index contributed by atoms with van der Waals surface area (Å²) in [6.07, 6.45) is 6.57. The molecule has 1 aromatic heterocycles. The normalized spacial score (nSPS) is 13.8. The van der Waals surface area contributed by atoms with E-state index in [1.807, 2.05) is 18.2 Å². The number of nitrogens with one attached hydrogen (secondary N) is 1. The van der Waals surface area contributed by atoms with Crippen molar-refractivity contribution in [3.05, 3.63) is 35.4 Å². The van der Waals surface area contributed by atoms with Crippen LogP contribution in [0.1, 0.15) is 42.9 Å². The van der Waals surface area contributed by atoms with Crippen molar-refractivity contribution < 1.29 is 9.47 Å². The van der Waals surface area contributed by atoms with Crippen molar-refractivity contribution in [2.45, 2.75) is 51.6 Å². The largest absolute Gasteiger partial charge is 0.493 e. The van der Waals surface area contributed by atoms with Gasteiger partial charge in [0.25, 0.3) is 0 Å². The summed E-state index contributed by atoms with van der Waals surface area (Å²) < 4.78 is 12.9. The SMILES string of the molecule is COc1ccc(CN=C(N)NCCCc2nnc3n2CCCCC3)cc1OC.I. The van der Waals surface area contributed by atoms with Gasteiger partial charge in [0.05, 0.1) is 20.8 Å². The van der Waals surface area contributed by atoms with Crippen molar-refractivity contribution in [3.63, 3.8) is 0 Å². The molecule has 0 unspecified atom stereocenters. The molecule has 0 atom stereocenters. The molecule has 0 saturated heterocycles. The highest BCUT2D eigenvalue weighted by atomic mass is 127. The van der Waals surface area contributed by atoms with Gasteiger partial charge in [-0.15, -0.1) is 34.2 Å². The molecule has 0 fully saturated rings. The second kappa shape index (κ2) is 11.8. The molecule has 2 heterocycles. The highest BCUT2D eigenvalue weighted by molar-refractivity contribution is 14.0. The minimum Gasteiger partial charge on any atom is -0.493 e. The topological polar surface area (TPSA) is 99.6 Å². The van der Waals surface area contributed by atoms with E-state index in [2.05, 4.69) is 25.1 Å². The number of methoxy groups -OCH3 is 2. The summed E-state index contributed by atoms with van der Waals surface area (Å²) in [5.74, 6) is 4.05. The highest BCUT2D eigenvalue weighted by Gasteiger charge is 2.14. The van der Waals surface area contributed by atoms with Crippen molar-refractivity contribution in [1.82, 2.24) is 20.1 Å². The number of nitrogens with zero attached hydrogens (tertiary/aromatic N) is 4. The predicted molar refractivity (Wildman–Crippen MR) is 124 cm³/mol. The number of hydrogen-bond acceptors (Lipinski definition) is 5. The van der Waals surface area contributed by atoms with Crippen LogP contribution in [0.25, 0.3) is 0 Å². The number of aliphatic imine (C=N–C) groups is 1. The molecule has 29 heavy (non-hydrogen) atoms. The van der Waals surface area contributed by atoms with Gasteiger partial charge in [-0.3, -0.25) is 0 Å². The maximum atomic E-state index is 5.99. The first-order valence-corrected chi connectivity index (χ1v) is 9.87. The lowest BCUT2D eigenvalue weighted by Gasteiger charge is -2.09. The van der Waals surface area contributed by atoms with Crippen molar-refractivity contribution in [1.29, 1.82) is 0 Å². The fourth-order valence-electron chi connectivity index (χ4n) is 3.40. The smallest absolute Gasteiger partial charge is 0.188 e. The molecule has 0 aliphatic carbocycles. The summed E-state index contributed by atoms with van der Waals surface area (Å²) in [6.45, 7) is 2.28. The first kappa shape index (κ1) is 23.2. The Morgan fingerprint density at radius 3 is 2.79 bits per heavy atom. The van der Waals surface area contributed by atoms with Crippen LogP contribution in [0.2, 0.25) is 0 Å². The molecule has 0 spiro atoms. The highest BCUT2D eigenvalue weighted by Crippen LogP contribution is 2.27. The van der Waals surface area contributed by atoms with Crippen LogP contribution < -0.4 is 20.5 Å². The van der Waals surface area contributed by atoms with Crippen molar-refractivity contribution >= 4 is 29.9 Å². The van der Waals surface area contributed by atoms with Crippen molar-refractivity contribution in [3.8, 4) is 11.5 Å². The molecule has 8 nitrogen and oxygen atoms in total. The monoisotopic (exact) mass is 514 g/mol. The van der Waals surface area contributed by atoms with Crippen LogP contribution in [0, 0.1) is 0 Å². The van der Waals surface area contributed by atoms with Crippen LogP contribution in [0.3, 0.4) is 0 Å². The van der Waals surface area contributed by atoms with Gasteiger partial charge in [-0.1, -0.05) is 12.5 Å². The van der Waals surface area contributed by atoms with E-state index in [0.717, 1.165) is 49.6 Å². The molecule has 0 bridgehead atoms. The number of guanidine groups is 1. The van der Waals surface area contributed by atoms with Crippen LogP contribution in [-0.2, 0) is 25.9 Å². The van der Waals surface area contributed by atoms with E-state index in [-0.39, 0.29) is 24.0 Å². The molecule has 1 aliphatic heterocycles. The Labute approximate surface area is 189 Å². The Hall–Kier alpha value is -2.04. The van der Waals surface area contributed by atoms with Gasteiger partial charge in [0.1, 0.15) is 11.6 Å². The summed E-state index contributed by atoms with van der Waals surface area (Å²) in [4.78, 5) is 4.40. The predicted octanol–water partition coefficient (Wildman–Crippen LogP) is 2.68. The van der Waals surface area contributed by atoms with Crippen molar-refractivity contribution in [2.24, 2.45) is 10.7 Å². The number of fused-ring (bicyclic) bond motifs is 1. The lowest BCUT2D eigenvalue weighted by atomic mass is 10.2. The van der Waals surface area contributed by atoms with E-state index < -0.39 is 0 Å². The molecular weight excluding hydrogens is 483 g/mol. The van der Waals surface area contributed by atoms with Crippen LogP contribution in [0.15, 0.2) is 23.2 Å². The molecule has 0 amide bonds. The fraction of sp³-hybridized carbons (Fsp3) is 0.550. The number of nitrogens with two attached hydrogens (primary N) is 1. The van der Waals surface area contributed by atoms with Crippen LogP contribution in [0.4, 0.5) is 0 Å². The van der Waals surface area contributed by atoms with E-state index in [1.165, 1.54) is 19.3 Å². The second-order valence-corrected chi connectivity index (χ2v) is 6.92. The molecule has 0 saturated carbocycles. The van der Waals surface area contributed by atoms with E-state index in [0.29, 0.717) is 24.0 Å². The third-order valence-corrected chi connectivity index (χ3v) is 4.95. The van der Waals surface area contributed by atoms with Gasteiger partial charge in [-0.2, -0.15) is 0 Å². The van der Waals surface area contributed by atoms with E-state index in [1.54, 1.807) is 14.2 Å². The Balaban J connectivity index is 0.00000300.